The van der Waals surface area contributed by atoms with Gasteiger partial charge in [-0.3, -0.25) is 0 Å². The highest BCUT2D eigenvalue weighted by Gasteiger charge is 2.07. The summed E-state index contributed by atoms with van der Waals surface area (Å²) in [6.45, 7) is 0. The average molecular weight is 275 g/mol. The van der Waals surface area contributed by atoms with E-state index in [9.17, 15) is 0 Å². The van der Waals surface area contributed by atoms with E-state index < -0.39 is 0 Å². The minimum atomic E-state index is 0.536. The Bertz CT molecular complexity index is 634. The smallest absolute Gasteiger partial charge is 0.230 e. The molecule has 0 saturated heterocycles. The maximum Gasteiger partial charge on any atom is 0.230 e. The monoisotopic (exact) mass is 274 g/mol. The van der Waals surface area contributed by atoms with E-state index in [-0.39, 0.29) is 0 Å². The van der Waals surface area contributed by atoms with Gasteiger partial charge in [0.25, 0.3) is 0 Å². The predicted molar refractivity (Wildman–Crippen MR) is 64.9 cm³/mol. The van der Waals surface area contributed by atoms with Crippen molar-refractivity contribution in [1.82, 2.24) is 9.97 Å². The first kappa shape index (κ1) is 9.54. The third-order valence-electron chi connectivity index (χ3n) is 2.30. The molecule has 4 heteroatoms. The number of hydrogen-bond acceptors (Lipinski definition) is 3. The summed E-state index contributed by atoms with van der Waals surface area (Å²) in [7, 11) is 0. The Kier molecular flexibility index (Phi) is 2.22. The highest BCUT2D eigenvalue weighted by molar-refractivity contribution is 9.10. The molecule has 0 saturated carbocycles. The van der Waals surface area contributed by atoms with E-state index in [1.807, 2.05) is 36.4 Å². The van der Waals surface area contributed by atoms with Gasteiger partial charge in [-0.2, -0.15) is 4.98 Å². The van der Waals surface area contributed by atoms with Crippen molar-refractivity contribution in [2.24, 2.45) is 0 Å². The van der Waals surface area contributed by atoms with Crippen LogP contribution in [0.4, 0.5) is 0 Å². The zero-order valence-corrected chi connectivity index (χ0v) is 9.81. The highest BCUT2D eigenvalue weighted by atomic mass is 79.9. The lowest BCUT2D eigenvalue weighted by atomic mass is 10.2. The molecule has 0 spiro atoms. The zero-order valence-electron chi connectivity index (χ0n) is 8.22. The van der Waals surface area contributed by atoms with Gasteiger partial charge in [-0.25, -0.2) is 4.98 Å². The Morgan fingerprint density at radius 2 is 1.94 bits per heavy atom. The van der Waals surface area contributed by atoms with Crippen molar-refractivity contribution in [1.29, 1.82) is 0 Å². The molecular formula is C12H7BrN2O. The van der Waals surface area contributed by atoms with Gasteiger partial charge in [0.15, 0.2) is 4.73 Å². The van der Waals surface area contributed by atoms with Crippen LogP contribution in [0.1, 0.15) is 0 Å². The summed E-state index contributed by atoms with van der Waals surface area (Å²) in [6.07, 6.45) is 1.74. The topological polar surface area (TPSA) is 38.9 Å². The molecule has 0 radical (unpaired) electrons. The van der Waals surface area contributed by atoms with Crippen LogP contribution in [0.15, 0.2) is 51.7 Å². The van der Waals surface area contributed by atoms with Gasteiger partial charge in [0.05, 0.1) is 5.39 Å². The Morgan fingerprint density at radius 3 is 2.75 bits per heavy atom. The van der Waals surface area contributed by atoms with Crippen molar-refractivity contribution >= 4 is 27.0 Å². The molecule has 3 rings (SSSR count). The van der Waals surface area contributed by atoms with Crippen LogP contribution in [0.3, 0.4) is 0 Å². The standard InChI is InChI=1S/C12H7BrN2O/c13-12-14-7-9-6-10(16-11(9)15-12)8-4-2-1-3-5-8/h1-7H. The first-order chi connectivity index (χ1) is 7.83. The van der Waals surface area contributed by atoms with E-state index in [0.717, 1.165) is 16.7 Å². The largest absolute Gasteiger partial charge is 0.438 e. The highest BCUT2D eigenvalue weighted by Crippen LogP contribution is 2.26. The fraction of sp³-hybridized carbons (Fsp3) is 0. The van der Waals surface area contributed by atoms with Crippen LogP contribution in [0.2, 0.25) is 0 Å². The van der Waals surface area contributed by atoms with Crippen molar-refractivity contribution in [3.8, 4) is 11.3 Å². The van der Waals surface area contributed by atoms with Crippen molar-refractivity contribution in [3.63, 3.8) is 0 Å². The molecule has 0 unspecified atom stereocenters. The Hall–Kier alpha value is -1.68. The second kappa shape index (κ2) is 3.72. The summed E-state index contributed by atoms with van der Waals surface area (Å²) in [5.41, 5.74) is 1.64. The third kappa shape index (κ3) is 1.61. The normalized spacial score (nSPS) is 10.8. The molecule has 0 amide bonds. The number of halogens is 1. The minimum absolute atomic E-state index is 0.536. The number of aromatic nitrogens is 2. The molecule has 2 aromatic heterocycles. The number of furan rings is 1. The van der Waals surface area contributed by atoms with Crippen LogP contribution in [-0.2, 0) is 0 Å². The lowest BCUT2D eigenvalue weighted by Gasteiger charge is -1.93. The Labute approximate surface area is 100 Å². The van der Waals surface area contributed by atoms with Crippen LogP contribution >= 0.6 is 15.9 Å². The molecule has 3 aromatic rings. The van der Waals surface area contributed by atoms with Gasteiger partial charge in [0.1, 0.15) is 5.76 Å². The minimum Gasteiger partial charge on any atom is -0.438 e. The molecule has 78 valence electrons. The fourth-order valence-electron chi connectivity index (χ4n) is 1.56. The summed E-state index contributed by atoms with van der Waals surface area (Å²) in [5.74, 6) is 0.808. The van der Waals surface area contributed by atoms with Gasteiger partial charge in [0, 0.05) is 11.8 Å². The van der Waals surface area contributed by atoms with Gasteiger partial charge >= 0.3 is 0 Å². The van der Waals surface area contributed by atoms with Crippen molar-refractivity contribution in [3.05, 3.63) is 47.3 Å². The Balaban J connectivity index is 2.19. The fourth-order valence-corrected chi connectivity index (χ4v) is 1.82. The molecule has 3 nitrogen and oxygen atoms in total. The Morgan fingerprint density at radius 1 is 1.12 bits per heavy atom. The molecule has 0 bridgehead atoms. The van der Waals surface area contributed by atoms with Gasteiger partial charge in [0.2, 0.25) is 5.71 Å². The summed E-state index contributed by atoms with van der Waals surface area (Å²) >= 11 is 3.22. The molecule has 2 heterocycles. The van der Waals surface area contributed by atoms with Gasteiger partial charge in [-0.15, -0.1) is 0 Å². The molecule has 0 N–H and O–H groups in total. The van der Waals surface area contributed by atoms with Crippen molar-refractivity contribution < 1.29 is 4.42 Å². The number of hydrogen-bond donors (Lipinski definition) is 0. The second-order valence-corrected chi connectivity index (χ2v) is 4.09. The number of rotatable bonds is 1. The maximum atomic E-state index is 5.65. The second-order valence-electron chi connectivity index (χ2n) is 3.38. The predicted octanol–water partition coefficient (Wildman–Crippen LogP) is 3.65. The van der Waals surface area contributed by atoms with Gasteiger partial charge in [-0.1, -0.05) is 30.3 Å². The molecule has 1 aromatic carbocycles. The van der Waals surface area contributed by atoms with Crippen LogP contribution in [-0.4, -0.2) is 9.97 Å². The van der Waals surface area contributed by atoms with E-state index in [0.29, 0.717) is 10.4 Å². The van der Waals surface area contributed by atoms with Gasteiger partial charge in [-0.05, 0) is 22.0 Å². The average Bonchev–Trinajstić information content (AvgIpc) is 2.73. The van der Waals surface area contributed by atoms with Crippen molar-refractivity contribution in [2.75, 3.05) is 0 Å². The third-order valence-corrected chi connectivity index (χ3v) is 2.68. The van der Waals surface area contributed by atoms with E-state index in [1.165, 1.54) is 0 Å². The quantitative estimate of drug-likeness (QED) is 0.636. The summed E-state index contributed by atoms with van der Waals surface area (Å²) < 4.78 is 6.19. The summed E-state index contributed by atoms with van der Waals surface area (Å²) in [6, 6.07) is 11.9. The number of nitrogens with zero attached hydrogens (tertiary/aromatic N) is 2. The maximum absolute atomic E-state index is 5.65. The number of fused-ring (bicyclic) bond motifs is 1. The van der Waals surface area contributed by atoms with E-state index in [1.54, 1.807) is 6.20 Å². The van der Waals surface area contributed by atoms with E-state index in [2.05, 4.69) is 25.9 Å². The van der Waals surface area contributed by atoms with Gasteiger partial charge < -0.3 is 4.42 Å². The van der Waals surface area contributed by atoms with E-state index in [4.69, 9.17) is 4.42 Å². The summed E-state index contributed by atoms with van der Waals surface area (Å²) in [5, 5.41) is 0.905. The molecule has 0 aliphatic rings. The molecule has 0 aliphatic carbocycles. The SMILES string of the molecule is Brc1ncc2cc(-c3ccccc3)oc2n1. The molecule has 0 atom stereocenters. The molecule has 0 fully saturated rings. The molecule has 0 aliphatic heterocycles. The molecule has 16 heavy (non-hydrogen) atoms. The number of benzene rings is 1. The first-order valence-electron chi connectivity index (χ1n) is 4.80. The van der Waals surface area contributed by atoms with Crippen molar-refractivity contribution in [2.45, 2.75) is 0 Å². The molecular weight excluding hydrogens is 268 g/mol. The van der Waals surface area contributed by atoms with Crippen LogP contribution in [0.25, 0.3) is 22.4 Å². The summed E-state index contributed by atoms with van der Waals surface area (Å²) in [4.78, 5) is 8.22. The lowest BCUT2D eigenvalue weighted by Crippen LogP contribution is -1.78. The van der Waals surface area contributed by atoms with Crippen LogP contribution < -0.4 is 0 Å². The lowest BCUT2D eigenvalue weighted by molar-refractivity contribution is 0.616. The first-order valence-corrected chi connectivity index (χ1v) is 5.60. The van der Waals surface area contributed by atoms with Crippen LogP contribution in [0.5, 0.6) is 0 Å². The van der Waals surface area contributed by atoms with Crippen LogP contribution in [0, 0.1) is 0 Å². The zero-order chi connectivity index (χ0) is 11.0. The van der Waals surface area contributed by atoms with E-state index >= 15 is 0 Å².